The summed E-state index contributed by atoms with van der Waals surface area (Å²) in [6.07, 6.45) is 0.347. The Morgan fingerprint density at radius 2 is 1.97 bits per heavy atom. The van der Waals surface area contributed by atoms with Gasteiger partial charge in [-0.3, -0.25) is 9.69 Å². The van der Waals surface area contributed by atoms with Crippen LogP contribution in [-0.2, 0) is 16.1 Å². The highest BCUT2D eigenvalue weighted by atomic mass is 16.5. The van der Waals surface area contributed by atoms with E-state index >= 15 is 0 Å². The van der Waals surface area contributed by atoms with Crippen molar-refractivity contribution in [1.29, 1.82) is 0 Å². The van der Waals surface area contributed by atoms with Crippen LogP contribution in [0.15, 0.2) is 30.3 Å². The van der Waals surface area contributed by atoms with E-state index < -0.39 is 0 Å². The van der Waals surface area contributed by atoms with Gasteiger partial charge in [-0.25, -0.2) is 9.67 Å². The summed E-state index contributed by atoms with van der Waals surface area (Å²) in [6.45, 7) is 9.37. The van der Waals surface area contributed by atoms with E-state index in [4.69, 9.17) is 19.6 Å². The summed E-state index contributed by atoms with van der Waals surface area (Å²) >= 11 is 0. The topological polar surface area (TPSA) is 81.5 Å². The number of fused-ring (bicyclic) bond motifs is 1. The van der Waals surface area contributed by atoms with Crippen molar-refractivity contribution in [2.45, 2.75) is 26.8 Å². The van der Waals surface area contributed by atoms with Crippen LogP contribution in [0.2, 0.25) is 0 Å². The number of carbonyl (C=O) groups is 1. The minimum atomic E-state index is 0.0186. The normalized spacial score (nSPS) is 14.6. The maximum absolute atomic E-state index is 12.5. The third kappa shape index (κ3) is 4.92. The van der Waals surface area contributed by atoms with Crippen molar-refractivity contribution in [3.8, 4) is 17.0 Å². The number of carbonyl (C=O) groups excluding carboxylic acids is 1. The molecule has 3 aromatic rings. The van der Waals surface area contributed by atoms with E-state index in [0.29, 0.717) is 19.5 Å². The van der Waals surface area contributed by atoms with Gasteiger partial charge in [-0.1, -0.05) is 12.1 Å². The molecule has 1 aliphatic rings. The number of para-hydroxylation sites is 1. The molecule has 0 bridgehead atoms. The molecule has 1 aromatic carbocycles. The number of rotatable bonds is 8. The number of nitrogens with zero attached hydrogens (tertiary/aromatic N) is 4. The molecule has 0 unspecified atom stereocenters. The Hall–Kier alpha value is -2.97. The van der Waals surface area contributed by atoms with Gasteiger partial charge in [-0.2, -0.15) is 5.10 Å². The first-order chi connectivity index (χ1) is 15.6. The van der Waals surface area contributed by atoms with E-state index in [0.717, 1.165) is 72.1 Å². The van der Waals surface area contributed by atoms with Gasteiger partial charge in [0.1, 0.15) is 11.4 Å². The minimum absolute atomic E-state index is 0.0186. The molecule has 1 saturated heterocycles. The summed E-state index contributed by atoms with van der Waals surface area (Å²) in [5.41, 5.74) is 4.58. The van der Waals surface area contributed by atoms with Crippen molar-refractivity contribution in [2.24, 2.45) is 0 Å². The molecule has 1 amide bonds. The first kappa shape index (κ1) is 22.2. The van der Waals surface area contributed by atoms with E-state index in [2.05, 4.69) is 23.2 Å². The number of benzene rings is 1. The summed E-state index contributed by atoms with van der Waals surface area (Å²) in [7, 11) is 1.66. The molecule has 0 saturated carbocycles. The van der Waals surface area contributed by atoms with Gasteiger partial charge in [0.25, 0.3) is 0 Å². The summed E-state index contributed by atoms with van der Waals surface area (Å²) in [4.78, 5) is 19.5. The Kier molecular flexibility index (Phi) is 7.02. The van der Waals surface area contributed by atoms with E-state index in [9.17, 15) is 4.79 Å². The average Bonchev–Trinajstić information content (AvgIpc) is 3.17. The van der Waals surface area contributed by atoms with Crippen molar-refractivity contribution in [1.82, 2.24) is 25.0 Å². The van der Waals surface area contributed by atoms with Gasteiger partial charge in [0.2, 0.25) is 5.91 Å². The number of pyridine rings is 1. The molecule has 1 N–H and O–H groups in total. The predicted octanol–water partition coefficient (Wildman–Crippen LogP) is 2.56. The fourth-order valence-corrected chi connectivity index (χ4v) is 4.17. The van der Waals surface area contributed by atoms with E-state index in [1.165, 1.54) is 0 Å². The zero-order valence-corrected chi connectivity index (χ0v) is 19.1. The Bertz CT molecular complexity index is 1090. The highest BCUT2D eigenvalue weighted by Crippen LogP contribution is 2.35. The molecule has 1 aliphatic heterocycles. The highest BCUT2D eigenvalue weighted by Gasteiger charge is 2.19. The number of amides is 1. The molecule has 2 aromatic heterocycles. The molecule has 170 valence electrons. The lowest BCUT2D eigenvalue weighted by atomic mass is 10.0. The zero-order chi connectivity index (χ0) is 22.5. The van der Waals surface area contributed by atoms with Crippen LogP contribution in [0.4, 0.5) is 0 Å². The molecule has 0 spiro atoms. The van der Waals surface area contributed by atoms with E-state index in [1.54, 1.807) is 7.11 Å². The Morgan fingerprint density at radius 1 is 1.19 bits per heavy atom. The van der Waals surface area contributed by atoms with Crippen molar-refractivity contribution >= 4 is 16.9 Å². The fourth-order valence-electron chi connectivity index (χ4n) is 4.17. The molecule has 3 heterocycles. The smallest absolute Gasteiger partial charge is 0.221 e. The van der Waals surface area contributed by atoms with Crippen LogP contribution >= 0.6 is 0 Å². The molecule has 0 aliphatic carbocycles. The Morgan fingerprint density at radius 3 is 2.75 bits per heavy atom. The lowest BCUT2D eigenvalue weighted by Gasteiger charge is -2.26. The number of ether oxygens (including phenoxy) is 2. The van der Waals surface area contributed by atoms with Gasteiger partial charge in [-0.15, -0.1) is 0 Å². The summed E-state index contributed by atoms with van der Waals surface area (Å²) in [6, 6.07) is 9.91. The van der Waals surface area contributed by atoms with E-state index in [-0.39, 0.29) is 5.91 Å². The number of hydrogen-bond acceptors (Lipinski definition) is 6. The van der Waals surface area contributed by atoms with Crippen molar-refractivity contribution in [3.63, 3.8) is 0 Å². The Labute approximate surface area is 188 Å². The second-order valence-electron chi connectivity index (χ2n) is 8.11. The molecule has 8 heteroatoms. The zero-order valence-electron chi connectivity index (χ0n) is 19.1. The summed E-state index contributed by atoms with van der Waals surface area (Å²) in [5.74, 6) is 0.782. The largest absolute Gasteiger partial charge is 0.496 e. The summed E-state index contributed by atoms with van der Waals surface area (Å²) < 4.78 is 12.8. The lowest BCUT2D eigenvalue weighted by Crippen LogP contribution is -2.41. The summed E-state index contributed by atoms with van der Waals surface area (Å²) in [5, 5.41) is 8.89. The van der Waals surface area contributed by atoms with Crippen molar-refractivity contribution in [3.05, 3.63) is 41.6 Å². The molecule has 0 radical (unpaired) electrons. The number of methoxy groups -OCH3 is 1. The van der Waals surface area contributed by atoms with Crippen LogP contribution < -0.4 is 10.1 Å². The maximum Gasteiger partial charge on any atom is 0.221 e. The number of nitrogens with one attached hydrogen (secondary N) is 1. The van der Waals surface area contributed by atoms with Gasteiger partial charge < -0.3 is 14.8 Å². The molecule has 4 rings (SSSR count). The van der Waals surface area contributed by atoms with Crippen LogP contribution in [0, 0.1) is 13.8 Å². The second kappa shape index (κ2) is 10.1. The van der Waals surface area contributed by atoms with Crippen LogP contribution in [-0.4, -0.2) is 72.1 Å². The maximum atomic E-state index is 12.5. The Balaban J connectivity index is 1.50. The van der Waals surface area contributed by atoms with Crippen LogP contribution in [0.1, 0.15) is 17.7 Å². The predicted molar refractivity (Wildman–Crippen MR) is 124 cm³/mol. The molecule has 8 nitrogen and oxygen atoms in total. The van der Waals surface area contributed by atoms with Crippen LogP contribution in [0.5, 0.6) is 5.75 Å². The van der Waals surface area contributed by atoms with Crippen molar-refractivity contribution < 1.29 is 14.3 Å². The SMILES string of the molecule is COc1ccccc1-c1nn(CCC(=O)NCCN2CCOCC2)c2nc(C)cc(C)c12. The third-order valence-corrected chi connectivity index (χ3v) is 5.79. The number of aromatic nitrogens is 3. The number of aryl methyl sites for hydroxylation is 3. The molecule has 0 atom stereocenters. The van der Waals surface area contributed by atoms with E-state index in [1.807, 2.05) is 35.9 Å². The minimum Gasteiger partial charge on any atom is -0.496 e. The molecule has 1 fully saturated rings. The lowest BCUT2D eigenvalue weighted by molar-refractivity contribution is -0.121. The van der Waals surface area contributed by atoms with Crippen LogP contribution in [0.3, 0.4) is 0 Å². The van der Waals surface area contributed by atoms with Gasteiger partial charge >= 0.3 is 0 Å². The van der Waals surface area contributed by atoms with Gasteiger partial charge in [0, 0.05) is 43.9 Å². The van der Waals surface area contributed by atoms with Gasteiger partial charge in [-0.05, 0) is 37.6 Å². The fraction of sp³-hybridized carbons (Fsp3) is 0.458. The standard InChI is InChI=1S/C24H31N5O3/c1-17-16-18(2)26-24-22(17)23(19-6-4-5-7-20(19)31-3)27-29(24)10-8-21(30)25-9-11-28-12-14-32-15-13-28/h4-7,16H,8-15H2,1-3H3,(H,25,30). The average molecular weight is 438 g/mol. The van der Waals surface area contributed by atoms with Gasteiger partial charge in [0.05, 0.1) is 32.3 Å². The first-order valence-electron chi connectivity index (χ1n) is 11.1. The first-order valence-corrected chi connectivity index (χ1v) is 11.1. The van der Waals surface area contributed by atoms with Crippen LogP contribution in [0.25, 0.3) is 22.3 Å². The van der Waals surface area contributed by atoms with Crippen molar-refractivity contribution in [2.75, 3.05) is 46.5 Å². The molecular formula is C24H31N5O3. The number of hydrogen-bond donors (Lipinski definition) is 1. The molecular weight excluding hydrogens is 406 g/mol. The second-order valence-corrected chi connectivity index (χ2v) is 8.11. The number of morpholine rings is 1. The van der Waals surface area contributed by atoms with Gasteiger partial charge in [0.15, 0.2) is 5.65 Å². The monoisotopic (exact) mass is 437 g/mol. The highest BCUT2D eigenvalue weighted by molar-refractivity contribution is 5.95. The third-order valence-electron chi connectivity index (χ3n) is 5.79. The molecule has 32 heavy (non-hydrogen) atoms. The quantitative estimate of drug-likeness (QED) is 0.583.